The van der Waals surface area contributed by atoms with Crippen LogP contribution in [0.15, 0.2) is 23.7 Å². The molecular weight excluding hydrogens is 304 g/mol. The van der Waals surface area contributed by atoms with Crippen LogP contribution in [0.1, 0.15) is 10.8 Å². The molecule has 0 aliphatic rings. The Morgan fingerprint density at radius 1 is 1.30 bits per heavy atom. The van der Waals surface area contributed by atoms with Crippen molar-refractivity contribution >= 4 is 34.0 Å². The molecule has 0 aliphatic carbocycles. The van der Waals surface area contributed by atoms with Crippen molar-refractivity contribution in [3.05, 3.63) is 46.2 Å². The fourth-order valence-electron chi connectivity index (χ4n) is 2.13. The summed E-state index contributed by atoms with van der Waals surface area (Å²) < 4.78 is 29.0. The van der Waals surface area contributed by atoms with Crippen molar-refractivity contribution in [1.29, 1.82) is 0 Å². The number of aromatic nitrogens is 3. The highest BCUT2D eigenvalue weighted by atomic mass is 35.5. The van der Waals surface area contributed by atoms with Crippen molar-refractivity contribution in [3.8, 4) is 0 Å². The molecule has 3 aromatic rings. The number of hydrogen-bond acceptors (Lipinski definition) is 3. The van der Waals surface area contributed by atoms with E-state index in [0.29, 0.717) is 24.3 Å². The standard InChI is InChI=1S/C13H10ClF2N3S/c14-7-10-18-9-2-1-8(15)12(16)13(9)19(10)5-3-11-17-4-6-20-11/h1-2,4,6H,3,5,7H2. The molecule has 20 heavy (non-hydrogen) atoms. The lowest BCUT2D eigenvalue weighted by Gasteiger charge is -2.07. The quantitative estimate of drug-likeness (QED) is 0.687. The lowest BCUT2D eigenvalue weighted by molar-refractivity contribution is 0.510. The first kappa shape index (κ1) is 13.5. The van der Waals surface area contributed by atoms with Gasteiger partial charge in [-0.1, -0.05) is 0 Å². The highest BCUT2D eigenvalue weighted by molar-refractivity contribution is 7.09. The SMILES string of the molecule is Fc1ccc2nc(CCl)n(CCc3nccs3)c2c1F. The van der Waals surface area contributed by atoms with Crippen LogP contribution < -0.4 is 0 Å². The fraction of sp³-hybridized carbons (Fsp3) is 0.231. The Bertz CT molecular complexity index is 740. The number of imidazole rings is 1. The first-order valence-electron chi connectivity index (χ1n) is 5.98. The van der Waals surface area contributed by atoms with Crippen LogP contribution in [-0.2, 0) is 18.8 Å². The maximum absolute atomic E-state index is 14.0. The van der Waals surface area contributed by atoms with Gasteiger partial charge in [-0.3, -0.25) is 0 Å². The molecule has 0 amide bonds. The minimum Gasteiger partial charge on any atom is -0.324 e. The molecule has 7 heteroatoms. The summed E-state index contributed by atoms with van der Waals surface area (Å²) >= 11 is 7.37. The summed E-state index contributed by atoms with van der Waals surface area (Å²) in [5.74, 6) is -1.09. The average molecular weight is 314 g/mol. The number of alkyl halides is 1. The molecule has 1 aromatic carbocycles. The zero-order valence-corrected chi connectivity index (χ0v) is 11.9. The summed E-state index contributed by atoms with van der Waals surface area (Å²) in [5.41, 5.74) is 0.580. The lowest BCUT2D eigenvalue weighted by atomic mass is 10.3. The number of rotatable bonds is 4. The molecule has 0 unspecified atom stereocenters. The summed E-state index contributed by atoms with van der Waals surface area (Å²) in [6, 6.07) is 2.54. The molecule has 0 fully saturated rings. The van der Waals surface area contributed by atoms with E-state index < -0.39 is 11.6 Å². The molecule has 0 bridgehead atoms. The summed E-state index contributed by atoms with van der Waals surface area (Å²) in [4.78, 5) is 8.42. The molecule has 104 valence electrons. The molecule has 2 aromatic heterocycles. The van der Waals surface area contributed by atoms with Gasteiger partial charge in [0.1, 0.15) is 11.3 Å². The fourth-order valence-corrected chi connectivity index (χ4v) is 2.95. The molecule has 0 N–H and O–H groups in total. The highest BCUT2D eigenvalue weighted by Crippen LogP contribution is 2.23. The molecule has 0 atom stereocenters. The third-order valence-electron chi connectivity index (χ3n) is 3.03. The van der Waals surface area contributed by atoms with E-state index in [1.165, 1.54) is 17.4 Å². The number of thiazole rings is 1. The van der Waals surface area contributed by atoms with Gasteiger partial charge in [-0.05, 0) is 12.1 Å². The van der Waals surface area contributed by atoms with Gasteiger partial charge in [-0.2, -0.15) is 0 Å². The Morgan fingerprint density at radius 3 is 2.85 bits per heavy atom. The molecule has 2 heterocycles. The van der Waals surface area contributed by atoms with Crippen LogP contribution in [0.2, 0.25) is 0 Å². The second kappa shape index (κ2) is 5.46. The van der Waals surface area contributed by atoms with Crippen molar-refractivity contribution in [2.75, 3.05) is 0 Å². The Balaban J connectivity index is 2.05. The number of fused-ring (bicyclic) bond motifs is 1. The minimum absolute atomic E-state index is 0.146. The van der Waals surface area contributed by atoms with Crippen molar-refractivity contribution in [2.45, 2.75) is 18.8 Å². The van der Waals surface area contributed by atoms with Gasteiger partial charge >= 0.3 is 0 Å². The monoisotopic (exact) mass is 313 g/mol. The smallest absolute Gasteiger partial charge is 0.184 e. The van der Waals surface area contributed by atoms with Crippen molar-refractivity contribution < 1.29 is 8.78 Å². The van der Waals surface area contributed by atoms with E-state index in [1.54, 1.807) is 10.8 Å². The number of benzene rings is 1. The normalized spacial score (nSPS) is 11.3. The maximum Gasteiger partial charge on any atom is 0.184 e. The molecule has 0 spiro atoms. The summed E-state index contributed by atoms with van der Waals surface area (Å²) in [6.45, 7) is 0.465. The van der Waals surface area contributed by atoms with Gasteiger partial charge in [0.05, 0.1) is 16.4 Å². The van der Waals surface area contributed by atoms with E-state index in [1.807, 2.05) is 5.38 Å². The molecule has 0 saturated carbocycles. The van der Waals surface area contributed by atoms with Gasteiger partial charge in [0.2, 0.25) is 0 Å². The van der Waals surface area contributed by atoms with Gasteiger partial charge in [0.15, 0.2) is 11.6 Å². The molecule has 3 nitrogen and oxygen atoms in total. The van der Waals surface area contributed by atoms with Crippen LogP contribution in [0.25, 0.3) is 11.0 Å². The molecule has 3 rings (SSSR count). The third kappa shape index (κ3) is 2.29. The van der Waals surface area contributed by atoms with Gasteiger partial charge in [-0.15, -0.1) is 22.9 Å². The Morgan fingerprint density at radius 2 is 2.15 bits per heavy atom. The van der Waals surface area contributed by atoms with Crippen LogP contribution in [0.5, 0.6) is 0 Å². The van der Waals surface area contributed by atoms with Crippen molar-refractivity contribution in [1.82, 2.24) is 14.5 Å². The number of hydrogen-bond donors (Lipinski definition) is 0. The predicted octanol–water partition coefficient (Wildman–Crippen LogP) is 3.75. The second-order valence-electron chi connectivity index (χ2n) is 4.22. The third-order valence-corrected chi connectivity index (χ3v) is 4.11. The Kier molecular flexibility index (Phi) is 3.67. The lowest BCUT2D eigenvalue weighted by Crippen LogP contribution is -2.06. The van der Waals surface area contributed by atoms with Crippen molar-refractivity contribution in [2.24, 2.45) is 0 Å². The number of halogens is 3. The first-order valence-corrected chi connectivity index (χ1v) is 7.39. The van der Waals surface area contributed by atoms with Gasteiger partial charge in [0, 0.05) is 24.5 Å². The average Bonchev–Trinajstić information content (AvgIpc) is 3.07. The van der Waals surface area contributed by atoms with Gasteiger partial charge in [-0.25, -0.2) is 18.7 Å². The van der Waals surface area contributed by atoms with E-state index in [0.717, 1.165) is 11.1 Å². The van der Waals surface area contributed by atoms with Crippen molar-refractivity contribution in [3.63, 3.8) is 0 Å². The Labute approximate surface area is 122 Å². The highest BCUT2D eigenvalue weighted by Gasteiger charge is 2.17. The van der Waals surface area contributed by atoms with Crippen LogP contribution in [0, 0.1) is 11.6 Å². The van der Waals surface area contributed by atoms with E-state index >= 15 is 0 Å². The summed E-state index contributed by atoms with van der Waals surface area (Å²) in [7, 11) is 0. The van der Waals surface area contributed by atoms with Gasteiger partial charge in [0.25, 0.3) is 0 Å². The molecule has 0 saturated heterocycles. The summed E-state index contributed by atoms with van der Waals surface area (Å²) in [5, 5.41) is 2.81. The topological polar surface area (TPSA) is 30.7 Å². The maximum atomic E-state index is 14.0. The summed E-state index contributed by atoms with van der Waals surface area (Å²) in [6.07, 6.45) is 2.34. The van der Waals surface area contributed by atoms with Crippen LogP contribution in [0.4, 0.5) is 8.78 Å². The van der Waals surface area contributed by atoms with Gasteiger partial charge < -0.3 is 4.57 Å². The van der Waals surface area contributed by atoms with E-state index in [-0.39, 0.29) is 11.4 Å². The molecule has 0 radical (unpaired) electrons. The number of aryl methyl sites for hydroxylation is 2. The Hall–Kier alpha value is -1.53. The minimum atomic E-state index is -0.884. The zero-order valence-electron chi connectivity index (χ0n) is 10.3. The zero-order chi connectivity index (χ0) is 14.1. The van der Waals surface area contributed by atoms with E-state index in [2.05, 4.69) is 9.97 Å². The first-order chi connectivity index (χ1) is 9.70. The van der Waals surface area contributed by atoms with Crippen LogP contribution in [0.3, 0.4) is 0 Å². The van der Waals surface area contributed by atoms with E-state index in [4.69, 9.17) is 11.6 Å². The molecular formula is C13H10ClF2N3S. The molecule has 0 aliphatic heterocycles. The largest absolute Gasteiger partial charge is 0.324 e. The van der Waals surface area contributed by atoms with E-state index in [9.17, 15) is 8.78 Å². The second-order valence-corrected chi connectivity index (χ2v) is 5.46. The van der Waals surface area contributed by atoms with Crippen LogP contribution in [-0.4, -0.2) is 14.5 Å². The number of nitrogens with zero attached hydrogens (tertiary/aromatic N) is 3. The predicted molar refractivity (Wildman–Crippen MR) is 75.0 cm³/mol. The van der Waals surface area contributed by atoms with Crippen LogP contribution >= 0.6 is 22.9 Å².